The quantitative estimate of drug-likeness (QED) is 0.902. The molecule has 0 radical (unpaired) electrons. The number of hydrogen-bond acceptors (Lipinski definition) is 4. The summed E-state index contributed by atoms with van der Waals surface area (Å²) in [4.78, 5) is 17.6. The molecular weight excluding hydrogens is 270 g/mol. The Morgan fingerprint density at radius 2 is 2.05 bits per heavy atom. The third kappa shape index (κ3) is 2.94. The third-order valence-electron chi connectivity index (χ3n) is 3.36. The smallest absolute Gasteiger partial charge is 0.346 e. The van der Waals surface area contributed by atoms with Gasteiger partial charge in [0.2, 0.25) is 0 Å². The van der Waals surface area contributed by atoms with E-state index in [9.17, 15) is 4.79 Å². The lowest BCUT2D eigenvalue weighted by atomic mass is 10.0. The van der Waals surface area contributed by atoms with Gasteiger partial charge in [-0.25, -0.2) is 4.79 Å². The average molecular weight is 291 g/mol. The second kappa shape index (κ2) is 6.03. The highest BCUT2D eigenvalue weighted by Crippen LogP contribution is 2.36. The van der Waals surface area contributed by atoms with Crippen LogP contribution in [0.15, 0.2) is 23.2 Å². The highest BCUT2D eigenvalue weighted by molar-refractivity contribution is 6.03. The van der Waals surface area contributed by atoms with E-state index >= 15 is 0 Å². The van der Waals surface area contributed by atoms with Crippen LogP contribution in [-0.2, 0) is 0 Å². The van der Waals surface area contributed by atoms with Gasteiger partial charge in [-0.2, -0.15) is 4.99 Å². The molecule has 0 fully saturated rings. The van der Waals surface area contributed by atoms with Crippen LogP contribution in [0.25, 0.3) is 0 Å². The lowest BCUT2D eigenvalue weighted by molar-refractivity contribution is 0.198. The number of hydrogen-bond donors (Lipinski definition) is 1. The molecular formula is C15H21N3O3. The molecule has 1 aliphatic heterocycles. The van der Waals surface area contributed by atoms with Crippen molar-refractivity contribution in [1.82, 2.24) is 4.90 Å². The Labute approximate surface area is 124 Å². The summed E-state index contributed by atoms with van der Waals surface area (Å²) < 4.78 is 10.6. The second-order valence-electron chi connectivity index (χ2n) is 5.38. The standard InChI is InChI=1S/C15H21N3O3/c1-9(2)8-18-13(14(16)17-15(18)19)11-7-10(20-3)5-6-12(11)21-4/h5-7,9,13H,8H2,1-4H3,(H2,16,17,19). The third-order valence-corrected chi connectivity index (χ3v) is 3.36. The molecule has 0 spiro atoms. The average Bonchev–Trinajstić information content (AvgIpc) is 2.72. The minimum atomic E-state index is -0.412. The number of urea groups is 1. The van der Waals surface area contributed by atoms with Gasteiger partial charge in [0.25, 0.3) is 0 Å². The molecule has 0 saturated carbocycles. The van der Waals surface area contributed by atoms with Crippen molar-refractivity contribution in [3.05, 3.63) is 23.8 Å². The van der Waals surface area contributed by atoms with Gasteiger partial charge >= 0.3 is 6.03 Å². The Bertz CT molecular complexity index is 569. The summed E-state index contributed by atoms with van der Waals surface area (Å²) in [5.74, 6) is 1.94. The van der Waals surface area contributed by atoms with Crippen LogP contribution < -0.4 is 15.2 Å². The number of aliphatic imine (C=N–C) groups is 1. The van der Waals surface area contributed by atoms with Crippen molar-refractivity contribution in [3.8, 4) is 11.5 Å². The first-order chi connectivity index (χ1) is 9.97. The normalized spacial score (nSPS) is 18.1. The van der Waals surface area contributed by atoms with Crippen LogP contribution in [0.4, 0.5) is 4.79 Å². The summed E-state index contributed by atoms with van der Waals surface area (Å²) in [6.07, 6.45) is 0. The lowest BCUT2D eigenvalue weighted by Gasteiger charge is -2.27. The summed E-state index contributed by atoms with van der Waals surface area (Å²) in [5.41, 5.74) is 6.76. The maximum absolute atomic E-state index is 12.0. The van der Waals surface area contributed by atoms with Crippen molar-refractivity contribution in [1.29, 1.82) is 0 Å². The molecule has 0 aromatic heterocycles. The summed E-state index contributed by atoms with van der Waals surface area (Å²) in [5, 5.41) is 0. The van der Waals surface area contributed by atoms with E-state index in [1.165, 1.54) is 0 Å². The molecule has 6 heteroatoms. The number of nitrogens with zero attached hydrogens (tertiary/aromatic N) is 2. The Balaban J connectivity index is 2.46. The number of benzene rings is 1. The van der Waals surface area contributed by atoms with Crippen molar-refractivity contribution in [2.45, 2.75) is 19.9 Å². The van der Waals surface area contributed by atoms with Gasteiger partial charge in [0.15, 0.2) is 0 Å². The van der Waals surface area contributed by atoms with Gasteiger partial charge in [-0.3, -0.25) is 0 Å². The number of ether oxygens (including phenoxy) is 2. The van der Waals surface area contributed by atoms with E-state index in [1.54, 1.807) is 31.3 Å². The fourth-order valence-electron chi connectivity index (χ4n) is 2.46. The Kier molecular flexibility index (Phi) is 4.35. The predicted octanol–water partition coefficient (Wildman–Crippen LogP) is 2.19. The molecule has 1 aromatic rings. The molecule has 0 saturated heterocycles. The molecule has 1 atom stereocenters. The number of carbonyl (C=O) groups excluding carboxylic acids is 1. The fraction of sp³-hybridized carbons (Fsp3) is 0.467. The first kappa shape index (κ1) is 15.2. The van der Waals surface area contributed by atoms with Gasteiger partial charge in [-0.15, -0.1) is 0 Å². The predicted molar refractivity (Wildman–Crippen MR) is 80.8 cm³/mol. The van der Waals surface area contributed by atoms with E-state index < -0.39 is 6.04 Å². The molecule has 1 aliphatic rings. The van der Waals surface area contributed by atoms with Crippen molar-refractivity contribution < 1.29 is 14.3 Å². The maximum atomic E-state index is 12.0. The van der Waals surface area contributed by atoms with E-state index in [0.29, 0.717) is 24.0 Å². The fourth-order valence-corrected chi connectivity index (χ4v) is 2.46. The van der Waals surface area contributed by atoms with E-state index in [2.05, 4.69) is 4.99 Å². The number of carbonyl (C=O) groups is 1. The molecule has 2 amide bonds. The van der Waals surface area contributed by atoms with Gasteiger partial charge < -0.3 is 20.1 Å². The van der Waals surface area contributed by atoms with Crippen LogP contribution in [0, 0.1) is 5.92 Å². The summed E-state index contributed by atoms with van der Waals surface area (Å²) in [7, 11) is 3.18. The maximum Gasteiger partial charge on any atom is 0.346 e. The highest BCUT2D eigenvalue weighted by atomic mass is 16.5. The molecule has 21 heavy (non-hydrogen) atoms. The van der Waals surface area contributed by atoms with Gasteiger partial charge in [-0.05, 0) is 24.1 Å². The Morgan fingerprint density at radius 1 is 1.33 bits per heavy atom. The number of amides is 2. The zero-order valence-electron chi connectivity index (χ0n) is 12.8. The van der Waals surface area contributed by atoms with E-state index in [1.807, 2.05) is 19.9 Å². The molecule has 0 bridgehead atoms. The van der Waals surface area contributed by atoms with Crippen molar-refractivity contribution in [2.75, 3.05) is 20.8 Å². The molecule has 1 unspecified atom stereocenters. The van der Waals surface area contributed by atoms with Crippen LogP contribution >= 0.6 is 0 Å². The monoisotopic (exact) mass is 291 g/mol. The largest absolute Gasteiger partial charge is 0.497 e. The summed E-state index contributed by atoms with van der Waals surface area (Å²) in [6, 6.07) is 4.72. The van der Waals surface area contributed by atoms with Gasteiger partial charge in [0.05, 0.1) is 14.2 Å². The van der Waals surface area contributed by atoms with Crippen LogP contribution in [0.1, 0.15) is 25.5 Å². The molecule has 2 N–H and O–H groups in total. The van der Waals surface area contributed by atoms with Crippen molar-refractivity contribution in [2.24, 2.45) is 16.6 Å². The number of methoxy groups -OCH3 is 2. The SMILES string of the molecule is COc1ccc(OC)c(C2C(N)=NC(=O)N2CC(C)C)c1. The zero-order valence-corrected chi connectivity index (χ0v) is 12.8. The molecule has 114 valence electrons. The number of amidine groups is 1. The molecule has 6 nitrogen and oxygen atoms in total. The second-order valence-corrected chi connectivity index (χ2v) is 5.38. The van der Waals surface area contributed by atoms with Crippen LogP contribution in [-0.4, -0.2) is 37.5 Å². The van der Waals surface area contributed by atoms with Crippen LogP contribution in [0.2, 0.25) is 0 Å². The Hall–Kier alpha value is -2.24. The van der Waals surface area contributed by atoms with Gasteiger partial charge in [-0.1, -0.05) is 13.8 Å². The van der Waals surface area contributed by atoms with E-state index in [-0.39, 0.29) is 11.9 Å². The number of nitrogens with two attached hydrogens (primary N) is 1. The van der Waals surface area contributed by atoms with Gasteiger partial charge in [0.1, 0.15) is 23.4 Å². The zero-order chi connectivity index (χ0) is 15.6. The highest BCUT2D eigenvalue weighted by Gasteiger charge is 2.36. The molecule has 1 aromatic carbocycles. The van der Waals surface area contributed by atoms with Gasteiger partial charge in [0, 0.05) is 12.1 Å². The van der Waals surface area contributed by atoms with Crippen molar-refractivity contribution >= 4 is 11.9 Å². The van der Waals surface area contributed by atoms with E-state index in [4.69, 9.17) is 15.2 Å². The minimum Gasteiger partial charge on any atom is -0.497 e. The van der Waals surface area contributed by atoms with Crippen LogP contribution in [0.3, 0.4) is 0 Å². The van der Waals surface area contributed by atoms with E-state index in [0.717, 1.165) is 5.56 Å². The topological polar surface area (TPSA) is 77.1 Å². The van der Waals surface area contributed by atoms with Crippen molar-refractivity contribution in [3.63, 3.8) is 0 Å². The number of rotatable bonds is 5. The molecule has 2 rings (SSSR count). The summed E-state index contributed by atoms with van der Waals surface area (Å²) in [6.45, 7) is 4.66. The first-order valence-corrected chi connectivity index (χ1v) is 6.84. The molecule has 0 aliphatic carbocycles. The molecule has 1 heterocycles. The first-order valence-electron chi connectivity index (χ1n) is 6.84. The van der Waals surface area contributed by atoms with Crippen LogP contribution in [0.5, 0.6) is 11.5 Å². The Morgan fingerprint density at radius 3 is 2.62 bits per heavy atom. The minimum absolute atomic E-state index is 0.284. The summed E-state index contributed by atoms with van der Waals surface area (Å²) >= 11 is 0. The lowest BCUT2D eigenvalue weighted by Crippen LogP contribution is -2.36.